The fraction of sp³-hybridized carbons (Fsp3) is 0.512. The molecule has 0 bridgehead atoms. The Kier molecular flexibility index (Phi) is 13.1. The number of aromatic nitrogens is 2. The van der Waals surface area contributed by atoms with Crippen LogP contribution in [0.4, 0.5) is 14.6 Å². The van der Waals surface area contributed by atoms with E-state index in [-0.39, 0.29) is 51.7 Å². The number of aromatic hydroxyl groups is 1. The molecule has 3 aromatic carbocycles. The molecule has 0 aliphatic carbocycles. The van der Waals surface area contributed by atoms with E-state index >= 15 is 4.39 Å². The summed E-state index contributed by atoms with van der Waals surface area (Å²) >= 11 is 0. The van der Waals surface area contributed by atoms with Gasteiger partial charge >= 0.3 is 6.01 Å². The first kappa shape index (κ1) is 38.2. The van der Waals surface area contributed by atoms with Crippen LogP contribution in [0.5, 0.6) is 11.8 Å². The van der Waals surface area contributed by atoms with Crippen molar-refractivity contribution in [3.63, 3.8) is 0 Å². The Balaban J connectivity index is 0.00000248. The van der Waals surface area contributed by atoms with Gasteiger partial charge in [-0.3, -0.25) is 4.90 Å². The molecule has 0 radical (unpaired) electrons. The molecule has 4 aromatic rings. The molecular weight excluding hydrogens is 648 g/mol. The molecule has 2 aliphatic rings. The van der Waals surface area contributed by atoms with Gasteiger partial charge in [0, 0.05) is 42.1 Å². The summed E-state index contributed by atoms with van der Waals surface area (Å²) in [4.78, 5) is 11.7. The number of nitrogens with one attached hydrogen (secondary N) is 2. The van der Waals surface area contributed by atoms with E-state index in [4.69, 9.17) is 20.9 Å². The van der Waals surface area contributed by atoms with Gasteiger partial charge in [0.15, 0.2) is 5.82 Å². The third-order valence-electron chi connectivity index (χ3n) is 10.2. The zero-order chi connectivity index (χ0) is 36.5. The summed E-state index contributed by atoms with van der Waals surface area (Å²) in [5.74, 6) is 1.53. The molecule has 0 spiro atoms. The van der Waals surface area contributed by atoms with Crippen molar-refractivity contribution in [3.8, 4) is 35.2 Å². The first-order valence-electron chi connectivity index (χ1n) is 18.6. The highest BCUT2D eigenvalue weighted by Crippen LogP contribution is 2.40. The Morgan fingerprint density at radius 2 is 1.92 bits per heavy atom. The van der Waals surface area contributed by atoms with Gasteiger partial charge in [-0.25, -0.2) is 8.78 Å². The predicted octanol–water partition coefficient (Wildman–Crippen LogP) is 8.43. The number of phenols is 1. The number of halogens is 2. The number of hydrogen-bond acceptors (Lipinski definition) is 8. The molecule has 3 unspecified atom stereocenters. The lowest BCUT2D eigenvalue weighted by Gasteiger charge is -2.35. The van der Waals surface area contributed by atoms with E-state index < -0.39 is 11.6 Å². The van der Waals surface area contributed by atoms with Crippen LogP contribution in [-0.4, -0.2) is 77.6 Å². The highest BCUT2D eigenvalue weighted by atomic mass is 19.1. The van der Waals surface area contributed by atoms with Gasteiger partial charge < -0.3 is 25.2 Å². The van der Waals surface area contributed by atoms with Gasteiger partial charge in [-0.2, -0.15) is 9.97 Å². The summed E-state index contributed by atoms with van der Waals surface area (Å²) in [7, 11) is 2.12. The molecule has 2 fully saturated rings. The summed E-state index contributed by atoms with van der Waals surface area (Å²) in [6.45, 7) is 11.7. The standard InChI is InChI=1S/C39H47F2N5O3.C2H6/c1-5-10-32(33-11-8-21-48-33)42-18-19-43-37-29-14-13-28(30-23-26(47)22-25-12-15-31(40)27(7-3)34(25)30)35(41)36(29)44-38(45-37)49-24-39(16-6-2)17-9-20-46(39)4;1-2/h3,12-15,22-23,32-33,42,47H,5-6,8-11,16-21,24H2,1-2,4H3,(H,43,44,45);1-2H3. The number of benzene rings is 3. The second-order valence-electron chi connectivity index (χ2n) is 13.5. The summed E-state index contributed by atoms with van der Waals surface area (Å²) in [6, 6.07) is 9.35. The van der Waals surface area contributed by atoms with E-state index in [1.807, 2.05) is 13.8 Å². The second kappa shape index (κ2) is 17.5. The average molecular weight is 702 g/mol. The maximum atomic E-state index is 16.8. The molecular formula is C41H53F2N5O3. The number of fused-ring (bicyclic) bond motifs is 2. The van der Waals surface area contributed by atoms with E-state index in [1.165, 1.54) is 24.3 Å². The number of terminal acetylenes is 1. The number of ether oxygens (including phenoxy) is 2. The molecule has 274 valence electrons. The minimum Gasteiger partial charge on any atom is -0.508 e. The van der Waals surface area contributed by atoms with Gasteiger partial charge in [0.1, 0.15) is 29.5 Å². The number of rotatable bonds is 14. The number of hydrogen-bond donors (Lipinski definition) is 3. The van der Waals surface area contributed by atoms with Crippen molar-refractivity contribution in [2.45, 2.75) is 96.7 Å². The van der Waals surface area contributed by atoms with E-state index in [0.717, 1.165) is 64.5 Å². The second-order valence-corrected chi connectivity index (χ2v) is 13.5. The molecule has 3 heterocycles. The van der Waals surface area contributed by atoms with Crippen LogP contribution in [0.3, 0.4) is 0 Å². The Morgan fingerprint density at radius 3 is 2.61 bits per heavy atom. The summed E-state index contributed by atoms with van der Waals surface area (Å²) in [6.07, 6.45) is 14.2. The van der Waals surface area contributed by atoms with Crippen molar-refractivity contribution in [2.75, 3.05) is 45.2 Å². The fourth-order valence-corrected chi connectivity index (χ4v) is 7.72. The van der Waals surface area contributed by atoms with E-state index in [1.54, 1.807) is 12.1 Å². The van der Waals surface area contributed by atoms with Crippen LogP contribution in [-0.2, 0) is 4.74 Å². The van der Waals surface area contributed by atoms with Crippen LogP contribution in [0.2, 0.25) is 0 Å². The van der Waals surface area contributed by atoms with Crippen LogP contribution in [0.15, 0.2) is 36.4 Å². The van der Waals surface area contributed by atoms with Crippen molar-refractivity contribution >= 4 is 27.5 Å². The third-order valence-corrected chi connectivity index (χ3v) is 10.2. The highest BCUT2D eigenvalue weighted by Gasteiger charge is 2.39. The quantitative estimate of drug-likeness (QED) is 0.0892. The minimum absolute atomic E-state index is 0.000140. The van der Waals surface area contributed by atoms with E-state index in [2.05, 4.69) is 47.3 Å². The molecule has 2 aliphatic heterocycles. The van der Waals surface area contributed by atoms with E-state index in [0.29, 0.717) is 41.7 Å². The van der Waals surface area contributed by atoms with Gasteiger partial charge in [0.25, 0.3) is 0 Å². The average Bonchev–Trinajstić information content (AvgIpc) is 3.80. The zero-order valence-corrected chi connectivity index (χ0v) is 30.7. The number of anilines is 1. The highest BCUT2D eigenvalue weighted by molar-refractivity contribution is 6.04. The first-order valence-corrected chi connectivity index (χ1v) is 18.6. The summed E-state index contributed by atoms with van der Waals surface area (Å²) in [5, 5.41) is 19.0. The third kappa shape index (κ3) is 8.22. The van der Waals surface area contributed by atoms with Crippen LogP contribution in [0.25, 0.3) is 32.8 Å². The smallest absolute Gasteiger partial charge is 0.319 e. The van der Waals surface area contributed by atoms with Crippen molar-refractivity contribution in [1.82, 2.24) is 20.2 Å². The molecule has 10 heteroatoms. The minimum atomic E-state index is -0.646. The maximum absolute atomic E-state index is 16.8. The number of phenolic OH excluding ortho intramolecular Hbond substituents is 1. The number of likely N-dealkylation sites (N-methyl/N-ethyl adjacent to an activating group) is 1. The summed E-state index contributed by atoms with van der Waals surface area (Å²) in [5.41, 5.74) is 0.315. The topological polar surface area (TPSA) is 91.8 Å². The molecule has 8 nitrogen and oxygen atoms in total. The van der Waals surface area contributed by atoms with Crippen LogP contribution in [0.1, 0.15) is 84.6 Å². The Labute approximate surface area is 301 Å². The lowest BCUT2D eigenvalue weighted by atomic mass is 9.92. The zero-order valence-electron chi connectivity index (χ0n) is 30.7. The summed E-state index contributed by atoms with van der Waals surface area (Å²) < 4.78 is 44.0. The largest absolute Gasteiger partial charge is 0.508 e. The lowest BCUT2D eigenvalue weighted by molar-refractivity contribution is 0.0757. The van der Waals surface area contributed by atoms with E-state index in [9.17, 15) is 9.50 Å². The first-order chi connectivity index (χ1) is 24.8. The van der Waals surface area contributed by atoms with Gasteiger partial charge in [-0.1, -0.05) is 58.6 Å². The van der Waals surface area contributed by atoms with Gasteiger partial charge in [0.2, 0.25) is 0 Å². The number of nitrogens with zero attached hydrogens (tertiary/aromatic N) is 3. The van der Waals surface area contributed by atoms with Crippen molar-refractivity contribution in [3.05, 3.63) is 53.6 Å². The maximum Gasteiger partial charge on any atom is 0.319 e. The van der Waals surface area contributed by atoms with Gasteiger partial charge in [-0.05, 0) is 87.3 Å². The number of likely N-dealkylation sites (tertiary alicyclic amines) is 1. The van der Waals surface area contributed by atoms with Crippen molar-refractivity contribution in [1.29, 1.82) is 0 Å². The normalized spacial score (nSPS) is 19.5. The van der Waals surface area contributed by atoms with Crippen molar-refractivity contribution < 1.29 is 23.4 Å². The van der Waals surface area contributed by atoms with Crippen LogP contribution < -0.4 is 15.4 Å². The Bertz CT molecular complexity index is 1840. The van der Waals surface area contributed by atoms with Crippen LogP contribution >= 0.6 is 0 Å². The van der Waals surface area contributed by atoms with Crippen LogP contribution in [0, 0.1) is 24.0 Å². The fourth-order valence-electron chi connectivity index (χ4n) is 7.72. The van der Waals surface area contributed by atoms with Crippen molar-refractivity contribution in [2.24, 2.45) is 0 Å². The molecule has 0 amide bonds. The molecule has 3 atom stereocenters. The lowest BCUT2D eigenvalue weighted by Crippen LogP contribution is -2.46. The molecule has 1 aromatic heterocycles. The Hall–Kier alpha value is -4.04. The monoisotopic (exact) mass is 701 g/mol. The predicted molar refractivity (Wildman–Crippen MR) is 203 cm³/mol. The molecule has 0 saturated carbocycles. The molecule has 2 saturated heterocycles. The molecule has 51 heavy (non-hydrogen) atoms. The molecule has 3 N–H and O–H groups in total. The molecule has 6 rings (SSSR count). The SMILES string of the molecule is C#Cc1c(F)ccc2cc(O)cc(-c3ccc4c(NCCNC(CCC)C5CCCO5)nc(OCC5(CCC)CCCN5C)nc4c3F)c12.CC. The Morgan fingerprint density at radius 1 is 1.10 bits per heavy atom. The van der Waals surface area contributed by atoms with Gasteiger partial charge in [-0.15, -0.1) is 6.42 Å². The van der Waals surface area contributed by atoms with Gasteiger partial charge in [0.05, 0.1) is 17.2 Å².